The van der Waals surface area contributed by atoms with Crippen molar-refractivity contribution in [1.82, 2.24) is 0 Å². The molecule has 0 unspecified atom stereocenters. The molecule has 0 aliphatic carbocycles. The van der Waals surface area contributed by atoms with Crippen LogP contribution in [0, 0.1) is 0 Å². The predicted molar refractivity (Wildman–Crippen MR) is 94.4 cm³/mol. The van der Waals surface area contributed by atoms with Gasteiger partial charge in [-0.25, -0.2) is 4.79 Å². The topological polar surface area (TPSA) is 54.0 Å². The first-order chi connectivity index (χ1) is 11.7. The zero-order chi connectivity index (χ0) is 17.8. The van der Waals surface area contributed by atoms with Crippen LogP contribution in [0.3, 0.4) is 0 Å². The highest BCUT2D eigenvalue weighted by Gasteiger charge is 2.23. The fourth-order valence-corrected chi connectivity index (χ4v) is 1.99. The lowest BCUT2D eigenvalue weighted by Gasteiger charge is -2.19. The van der Waals surface area contributed by atoms with Crippen molar-refractivity contribution in [2.45, 2.75) is 53.4 Å². The van der Waals surface area contributed by atoms with Gasteiger partial charge in [-0.2, -0.15) is 0 Å². The first kappa shape index (κ1) is 20.1. The predicted octanol–water partition coefficient (Wildman–Crippen LogP) is 4.62. The molecule has 0 bridgehead atoms. The number of carbonyl (C=O) groups is 1. The molecule has 24 heavy (non-hydrogen) atoms. The standard InChI is InChI=1S/C19H30O5/c1-5-11-21-16-10-9-15(19(20)24-14-8-4)17(22-12-6-2)18(16)23-13-7-3/h9-10H,5-8,11-14H2,1-4H3. The van der Waals surface area contributed by atoms with E-state index in [0.29, 0.717) is 49.2 Å². The molecule has 0 spiro atoms. The number of ether oxygens (including phenoxy) is 4. The molecule has 0 aliphatic heterocycles. The number of carbonyl (C=O) groups excluding carboxylic acids is 1. The Morgan fingerprint density at radius 3 is 1.88 bits per heavy atom. The van der Waals surface area contributed by atoms with Crippen LogP contribution >= 0.6 is 0 Å². The third kappa shape index (κ3) is 5.95. The van der Waals surface area contributed by atoms with Crippen LogP contribution in [-0.2, 0) is 4.74 Å². The van der Waals surface area contributed by atoms with Gasteiger partial charge in [-0.3, -0.25) is 0 Å². The van der Waals surface area contributed by atoms with Crippen LogP contribution in [-0.4, -0.2) is 32.4 Å². The van der Waals surface area contributed by atoms with E-state index >= 15 is 0 Å². The summed E-state index contributed by atoms with van der Waals surface area (Å²) in [6.45, 7) is 10.0. The van der Waals surface area contributed by atoms with Gasteiger partial charge in [0.05, 0.1) is 26.4 Å². The van der Waals surface area contributed by atoms with Crippen molar-refractivity contribution in [3.8, 4) is 17.2 Å². The molecule has 0 aromatic heterocycles. The van der Waals surface area contributed by atoms with Crippen molar-refractivity contribution < 1.29 is 23.7 Å². The van der Waals surface area contributed by atoms with E-state index in [2.05, 4.69) is 0 Å². The SMILES string of the molecule is CCCOC(=O)c1ccc(OCCC)c(OCCC)c1OCCC. The Hall–Kier alpha value is -1.91. The summed E-state index contributed by atoms with van der Waals surface area (Å²) in [6.07, 6.45) is 3.34. The number of esters is 1. The Morgan fingerprint density at radius 1 is 0.750 bits per heavy atom. The van der Waals surface area contributed by atoms with E-state index in [4.69, 9.17) is 18.9 Å². The van der Waals surface area contributed by atoms with E-state index in [0.717, 1.165) is 25.7 Å². The van der Waals surface area contributed by atoms with Gasteiger partial charge in [0.15, 0.2) is 11.5 Å². The zero-order valence-electron chi connectivity index (χ0n) is 15.4. The minimum Gasteiger partial charge on any atom is -0.490 e. The normalized spacial score (nSPS) is 10.3. The van der Waals surface area contributed by atoms with E-state index in [9.17, 15) is 4.79 Å². The van der Waals surface area contributed by atoms with Gasteiger partial charge in [-0.15, -0.1) is 0 Å². The summed E-state index contributed by atoms with van der Waals surface area (Å²) in [7, 11) is 0. The highest BCUT2D eigenvalue weighted by molar-refractivity contribution is 5.94. The molecular formula is C19H30O5. The smallest absolute Gasteiger partial charge is 0.342 e. The Bertz CT molecular complexity index is 499. The Balaban J connectivity index is 3.22. The van der Waals surface area contributed by atoms with E-state index in [1.54, 1.807) is 12.1 Å². The molecule has 0 N–H and O–H groups in total. The Morgan fingerprint density at radius 2 is 1.29 bits per heavy atom. The van der Waals surface area contributed by atoms with Crippen LogP contribution in [0.15, 0.2) is 12.1 Å². The molecule has 0 aliphatic rings. The van der Waals surface area contributed by atoms with Gasteiger partial charge in [0.1, 0.15) is 5.56 Å². The quantitative estimate of drug-likeness (QED) is 0.521. The second-order valence-electron chi connectivity index (χ2n) is 5.45. The first-order valence-electron chi connectivity index (χ1n) is 8.91. The molecule has 1 aromatic rings. The fraction of sp³-hybridized carbons (Fsp3) is 0.632. The molecule has 5 heteroatoms. The number of hydrogen-bond acceptors (Lipinski definition) is 5. The van der Waals surface area contributed by atoms with Gasteiger partial charge in [-0.1, -0.05) is 27.7 Å². The van der Waals surface area contributed by atoms with Gasteiger partial charge in [0.25, 0.3) is 0 Å². The maximum Gasteiger partial charge on any atom is 0.342 e. The van der Waals surface area contributed by atoms with E-state index in [1.807, 2.05) is 27.7 Å². The van der Waals surface area contributed by atoms with Crippen molar-refractivity contribution in [3.05, 3.63) is 17.7 Å². The molecule has 5 nitrogen and oxygen atoms in total. The van der Waals surface area contributed by atoms with Crippen molar-refractivity contribution in [2.24, 2.45) is 0 Å². The second kappa shape index (κ2) is 11.6. The van der Waals surface area contributed by atoms with Gasteiger partial charge in [-0.05, 0) is 37.8 Å². The summed E-state index contributed by atoms with van der Waals surface area (Å²) in [4.78, 5) is 12.3. The lowest BCUT2D eigenvalue weighted by molar-refractivity contribution is 0.0499. The molecule has 0 radical (unpaired) electrons. The summed E-state index contributed by atoms with van der Waals surface area (Å²) >= 11 is 0. The van der Waals surface area contributed by atoms with E-state index in [-0.39, 0.29) is 0 Å². The van der Waals surface area contributed by atoms with Crippen LogP contribution in [0.5, 0.6) is 17.2 Å². The van der Waals surface area contributed by atoms with Crippen molar-refractivity contribution in [2.75, 3.05) is 26.4 Å². The van der Waals surface area contributed by atoms with Crippen LogP contribution in [0.4, 0.5) is 0 Å². The lowest BCUT2D eigenvalue weighted by atomic mass is 10.1. The number of benzene rings is 1. The van der Waals surface area contributed by atoms with Crippen molar-refractivity contribution in [1.29, 1.82) is 0 Å². The summed E-state index contributed by atoms with van der Waals surface area (Å²) < 4.78 is 22.7. The Kier molecular flexibility index (Phi) is 9.73. The molecule has 0 amide bonds. The molecule has 136 valence electrons. The highest BCUT2D eigenvalue weighted by Crippen LogP contribution is 2.41. The average molecular weight is 338 g/mol. The summed E-state index contributed by atoms with van der Waals surface area (Å²) in [5.74, 6) is 1.11. The van der Waals surface area contributed by atoms with Gasteiger partial charge < -0.3 is 18.9 Å². The third-order valence-electron chi connectivity index (χ3n) is 3.10. The molecule has 1 rings (SSSR count). The van der Waals surface area contributed by atoms with Crippen LogP contribution < -0.4 is 14.2 Å². The molecule has 0 atom stereocenters. The molecule has 0 fully saturated rings. The summed E-state index contributed by atoms with van der Waals surface area (Å²) in [6, 6.07) is 3.44. The monoisotopic (exact) mass is 338 g/mol. The number of rotatable bonds is 12. The maximum absolute atomic E-state index is 12.3. The second-order valence-corrected chi connectivity index (χ2v) is 5.45. The van der Waals surface area contributed by atoms with Crippen molar-refractivity contribution >= 4 is 5.97 Å². The third-order valence-corrected chi connectivity index (χ3v) is 3.10. The fourth-order valence-electron chi connectivity index (χ4n) is 1.99. The molecular weight excluding hydrogens is 308 g/mol. The minimum absolute atomic E-state index is 0.380. The summed E-state index contributed by atoms with van der Waals surface area (Å²) in [5.41, 5.74) is 0.381. The first-order valence-corrected chi connectivity index (χ1v) is 8.91. The molecule has 0 heterocycles. The summed E-state index contributed by atoms with van der Waals surface area (Å²) in [5, 5.41) is 0. The van der Waals surface area contributed by atoms with E-state index < -0.39 is 5.97 Å². The number of hydrogen-bond donors (Lipinski definition) is 0. The molecule has 1 aromatic carbocycles. The molecule has 0 saturated heterocycles. The van der Waals surface area contributed by atoms with Crippen LogP contribution in [0.25, 0.3) is 0 Å². The lowest BCUT2D eigenvalue weighted by Crippen LogP contribution is -2.12. The average Bonchev–Trinajstić information content (AvgIpc) is 2.60. The largest absolute Gasteiger partial charge is 0.490 e. The van der Waals surface area contributed by atoms with E-state index in [1.165, 1.54) is 0 Å². The van der Waals surface area contributed by atoms with Crippen LogP contribution in [0.1, 0.15) is 63.7 Å². The van der Waals surface area contributed by atoms with Gasteiger partial charge >= 0.3 is 5.97 Å². The van der Waals surface area contributed by atoms with Gasteiger partial charge in [0, 0.05) is 0 Å². The highest BCUT2D eigenvalue weighted by atomic mass is 16.6. The van der Waals surface area contributed by atoms with Crippen molar-refractivity contribution in [3.63, 3.8) is 0 Å². The van der Waals surface area contributed by atoms with Gasteiger partial charge in [0.2, 0.25) is 5.75 Å². The Labute approximate surface area is 145 Å². The zero-order valence-corrected chi connectivity index (χ0v) is 15.4. The molecule has 0 saturated carbocycles. The minimum atomic E-state index is -0.397. The maximum atomic E-state index is 12.3. The van der Waals surface area contributed by atoms with Crippen LogP contribution in [0.2, 0.25) is 0 Å².